The molecule has 1 aliphatic carbocycles. The first kappa shape index (κ1) is 15.4. The van der Waals surface area contributed by atoms with E-state index in [0.29, 0.717) is 25.0 Å². The molecule has 1 aliphatic rings. The summed E-state index contributed by atoms with van der Waals surface area (Å²) < 4.78 is 5.20. The van der Waals surface area contributed by atoms with Crippen LogP contribution in [-0.4, -0.2) is 34.7 Å². The molecule has 1 atom stereocenters. The van der Waals surface area contributed by atoms with Gasteiger partial charge < -0.3 is 10.3 Å². The van der Waals surface area contributed by atoms with Gasteiger partial charge in [-0.25, -0.2) is 0 Å². The smallest absolute Gasteiger partial charge is 0.229 e. The number of nitrogens with two attached hydrogens (primary N) is 1. The van der Waals surface area contributed by atoms with Gasteiger partial charge in [-0.1, -0.05) is 19.0 Å². The highest BCUT2D eigenvalue weighted by molar-refractivity contribution is 5.85. The van der Waals surface area contributed by atoms with E-state index in [9.17, 15) is 0 Å². The van der Waals surface area contributed by atoms with E-state index in [4.69, 9.17) is 10.3 Å². The molecule has 0 aromatic carbocycles. The number of rotatable bonds is 6. The Labute approximate surface area is 115 Å². The lowest BCUT2D eigenvalue weighted by Gasteiger charge is -2.25. The zero-order valence-electron chi connectivity index (χ0n) is 11.3. The molecule has 18 heavy (non-hydrogen) atoms. The number of likely N-dealkylation sites (N-methyl/N-ethyl adjacent to an activating group) is 1. The highest BCUT2D eigenvalue weighted by Gasteiger charge is 2.33. The molecule has 1 unspecified atom stereocenters. The molecule has 1 saturated carbocycles. The van der Waals surface area contributed by atoms with Crippen LogP contribution in [0.2, 0.25) is 0 Å². The first-order valence-corrected chi connectivity index (χ1v) is 6.34. The summed E-state index contributed by atoms with van der Waals surface area (Å²) >= 11 is 0. The summed E-state index contributed by atoms with van der Waals surface area (Å²) in [7, 11) is 2.08. The normalized spacial score (nSPS) is 17.0. The van der Waals surface area contributed by atoms with E-state index in [1.807, 2.05) is 13.8 Å². The fourth-order valence-electron chi connectivity index (χ4n) is 2.12. The van der Waals surface area contributed by atoms with Crippen LogP contribution < -0.4 is 5.73 Å². The second-order valence-electron chi connectivity index (χ2n) is 5.26. The Bertz CT molecular complexity index is 365. The second kappa shape index (κ2) is 6.50. The molecule has 0 amide bonds. The molecule has 0 saturated heterocycles. The van der Waals surface area contributed by atoms with Gasteiger partial charge in [0.15, 0.2) is 5.82 Å². The van der Waals surface area contributed by atoms with Gasteiger partial charge in [0.25, 0.3) is 0 Å². The van der Waals surface area contributed by atoms with E-state index >= 15 is 0 Å². The maximum absolute atomic E-state index is 5.82. The van der Waals surface area contributed by atoms with Crippen molar-refractivity contribution in [1.82, 2.24) is 15.0 Å². The van der Waals surface area contributed by atoms with Crippen molar-refractivity contribution in [3.63, 3.8) is 0 Å². The molecule has 2 N–H and O–H groups in total. The van der Waals surface area contributed by atoms with Crippen molar-refractivity contribution in [2.24, 2.45) is 11.7 Å². The summed E-state index contributed by atoms with van der Waals surface area (Å²) in [5, 5.41) is 4.01. The monoisotopic (exact) mass is 274 g/mol. The van der Waals surface area contributed by atoms with Crippen LogP contribution in [0.3, 0.4) is 0 Å². The van der Waals surface area contributed by atoms with Gasteiger partial charge >= 0.3 is 0 Å². The lowest BCUT2D eigenvalue weighted by molar-refractivity contribution is 0.208. The number of halogens is 1. The number of nitrogens with zero attached hydrogens (tertiary/aromatic N) is 3. The van der Waals surface area contributed by atoms with E-state index in [1.54, 1.807) is 0 Å². The third-order valence-corrected chi connectivity index (χ3v) is 3.34. The number of aromatic nitrogens is 2. The molecule has 5 nitrogen and oxygen atoms in total. The SMILES string of the molecule is CC(C)c1nc(CN(C)C(CN)C2CC2)no1.Cl. The Morgan fingerprint density at radius 1 is 1.44 bits per heavy atom. The van der Waals surface area contributed by atoms with Crippen molar-refractivity contribution in [2.75, 3.05) is 13.6 Å². The predicted octanol–water partition coefficient (Wildman–Crippen LogP) is 1.78. The maximum Gasteiger partial charge on any atom is 0.229 e. The zero-order valence-corrected chi connectivity index (χ0v) is 12.1. The molecule has 1 aromatic rings. The molecule has 0 aliphatic heterocycles. The fraction of sp³-hybridized carbons (Fsp3) is 0.833. The average Bonchev–Trinajstić information content (AvgIpc) is 2.98. The minimum atomic E-state index is 0. The summed E-state index contributed by atoms with van der Waals surface area (Å²) in [6, 6.07) is 0.455. The molecule has 0 bridgehead atoms. The number of hydrogen-bond donors (Lipinski definition) is 1. The molecular weight excluding hydrogens is 252 g/mol. The van der Waals surface area contributed by atoms with Gasteiger partial charge in [0.1, 0.15) is 0 Å². The Kier molecular flexibility index (Phi) is 5.56. The Morgan fingerprint density at radius 3 is 2.56 bits per heavy atom. The predicted molar refractivity (Wildman–Crippen MR) is 72.7 cm³/mol. The van der Waals surface area contributed by atoms with Crippen LogP contribution in [0.1, 0.15) is 44.3 Å². The van der Waals surface area contributed by atoms with Crippen molar-refractivity contribution in [3.05, 3.63) is 11.7 Å². The molecule has 6 heteroatoms. The number of hydrogen-bond acceptors (Lipinski definition) is 5. The summed E-state index contributed by atoms with van der Waals surface area (Å²) in [6.45, 7) is 5.52. The van der Waals surface area contributed by atoms with Crippen LogP contribution in [0, 0.1) is 5.92 Å². The van der Waals surface area contributed by atoms with Crippen LogP contribution in [0.25, 0.3) is 0 Å². The van der Waals surface area contributed by atoms with E-state index in [0.717, 1.165) is 11.7 Å². The van der Waals surface area contributed by atoms with Gasteiger partial charge in [-0.3, -0.25) is 4.90 Å². The van der Waals surface area contributed by atoms with Gasteiger partial charge in [0.2, 0.25) is 5.89 Å². The molecule has 1 aromatic heterocycles. The van der Waals surface area contributed by atoms with Crippen molar-refractivity contribution in [1.29, 1.82) is 0 Å². The summed E-state index contributed by atoms with van der Waals surface area (Å²) in [5.41, 5.74) is 5.82. The van der Waals surface area contributed by atoms with Crippen molar-refractivity contribution < 1.29 is 4.52 Å². The largest absolute Gasteiger partial charge is 0.339 e. The minimum Gasteiger partial charge on any atom is -0.339 e. The van der Waals surface area contributed by atoms with E-state index in [2.05, 4.69) is 22.1 Å². The lowest BCUT2D eigenvalue weighted by Crippen LogP contribution is -2.39. The van der Waals surface area contributed by atoms with Gasteiger partial charge in [0, 0.05) is 18.5 Å². The topological polar surface area (TPSA) is 68.2 Å². The first-order chi connectivity index (χ1) is 8.11. The first-order valence-electron chi connectivity index (χ1n) is 6.34. The third kappa shape index (κ3) is 3.67. The Morgan fingerprint density at radius 2 is 2.11 bits per heavy atom. The van der Waals surface area contributed by atoms with Crippen molar-refractivity contribution in [2.45, 2.75) is 45.2 Å². The Balaban J connectivity index is 0.00000162. The van der Waals surface area contributed by atoms with Gasteiger partial charge in [-0.15, -0.1) is 12.4 Å². The van der Waals surface area contributed by atoms with Crippen molar-refractivity contribution >= 4 is 12.4 Å². The molecular formula is C12H23ClN4O. The van der Waals surface area contributed by atoms with Crippen molar-refractivity contribution in [3.8, 4) is 0 Å². The van der Waals surface area contributed by atoms with E-state index in [-0.39, 0.29) is 18.3 Å². The van der Waals surface area contributed by atoms with Crippen LogP contribution >= 0.6 is 12.4 Å². The highest BCUT2D eigenvalue weighted by atomic mass is 35.5. The molecule has 2 rings (SSSR count). The quantitative estimate of drug-likeness (QED) is 0.856. The van der Waals surface area contributed by atoms with Crippen LogP contribution in [-0.2, 0) is 6.54 Å². The van der Waals surface area contributed by atoms with E-state index < -0.39 is 0 Å². The van der Waals surface area contributed by atoms with Gasteiger partial charge in [-0.05, 0) is 25.8 Å². The average molecular weight is 275 g/mol. The standard InChI is InChI=1S/C12H22N4O.ClH/c1-8(2)12-14-11(15-17-12)7-16(3)10(6-13)9-4-5-9;/h8-10H,4-7,13H2,1-3H3;1H. The summed E-state index contributed by atoms with van der Waals surface area (Å²) in [4.78, 5) is 6.63. The van der Waals surface area contributed by atoms with E-state index in [1.165, 1.54) is 12.8 Å². The van der Waals surface area contributed by atoms with Crippen LogP contribution in [0.5, 0.6) is 0 Å². The summed E-state index contributed by atoms with van der Waals surface area (Å²) in [6.07, 6.45) is 2.60. The third-order valence-electron chi connectivity index (χ3n) is 3.34. The van der Waals surface area contributed by atoms with Crippen LogP contribution in [0.4, 0.5) is 0 Å². The molecule has 0 radical (unpaired) electrons. The fourth-order valence-corrected chi connectivity index (χ4v) is 2.12. The Hall–Kier alpha value is -0.650. The summed E-state index contributed by atoms with van der Waals surface area (Å²) in [5.74, 6) is 2.52. The maximum atomic E-state index is 5.82. The second-order valence-corrected chi connectivity index (χ2v) is 5.26. The molecule has 104 valence electrons. The lowest BCUT2D eigenvalue weighted by atomic mass is 10.1. The molecule has 1 fully saturated rings. The molecule has 1 heterocycles. The highest BCUT2D eigenvalue weighted by Crippen LogP contribution is 2.34. The van der Waals surface area contributed by atoms with Crippen LogP contribution in [0.15, 0.2) is 4.52 Å². The van der Waals surface area contributed by atoms with Gasteiger partial charge in [-0.2, -0.15) is 4.98 Å². The minimum absolute atomic E-state index is 0. The molecule has 0 spiro atoms. The van der Waals surface area contributed by atoms with Gasteiger partial charge in [0.05, 0.1) is 6.54 Å². The zero-order chi connectivity index (χ0) is 12.4.